The first-order chi connectivity index (χ1) is 10.1. The molecule has 1 fully saturated rings. The van der Waals surface area contributed by atoms with Crippen LogP contribution in [0.25, 0.3) is 0 Å². The van der Waals surface area contributed by atoms with E-state index in [2.05, 4.69) is 24.8 Å². The minimum Gasteiger partial charge on any atom is -0.396 e. The highest BCUT2D eigenvalue weighted by Gasteiger charge is 2.26. The summed E-state index contributed by atoms with van der Waals surface area (Å²) >= 11 is 0. The largest absolute Gasteiger partial charge is 0.396 e. The van der Waals surface area contributed by atoms with Crippen LogP contribution in [0.3, 0.4) is 0 Å². The Balaban J connectivity index is 2.28. The second kappa shape index (κ2) is 6.86. The number of anilines is 2. The molecule has 0 bridgehead atoms. The molecule has 0 spiro atoms. The highest BCUT2D eigenvalue weighted by molar-refractivity contribution is 5.68. The summed E-state index contributed by atoms with van der Waals surface area (Å²) in [6, 6.07) is 4.03. The first-order valence-electron chi connectivity index (χ1n) is 7.78. The van der Waals surface area contributed by atoms with Gasteiger partial charge in [0.2, 0.25) is 0 Å². The Morgan fingerprint density at radius 3 is 2.62 bits per heavy atom. The summed E-state index contributed by atoms with van der Waals surface area (Å²) in [5.74, 6) is 2.28. The molecule has 21 heavy (non-hydrogen) atoms. The third-order valence-corrected chi connectivity index (χ3v) is 4.04. The number of nitrogen functional groups attached to an aromatic ring is 1. The van der Waals surface area contributed by atoms with Gasteiger partial charge in [0.15, 0.2) is 0 Å². The van der Waals surface area contributed by atoms with Gasteiger partial charge in [-0.05, 0) is 31.2 Å². The molecular weight excluding hydrogens is 264 g/mol. The van der Waals surface area contributed by atoms with Gasteiger partial charge in [-0.3, -0.25) is 0 Å². The van der Waals surface area contributed by atoms with Crippen LogP contribution in [0.15, 0.2) is 6.07 Å². The summed E-state index contributed by atoms with van der Waals surface area (Å²) in [6.45, 7) is 10.5. The van der Waals surface area contributed by atoms with Crippen LogP contribution in [-0.4, -0.2) is 30.9 Å². The van der Waals surface area contributed by atoms with E-state index in [-0.39, 0.29) is 0 Å². The van der Waals surface area contributed by atoms with E-state index in [4.69, 9.17) is 10.5 Å². The van der Waals surface area contributed by atoms with Crippen molar-refractivity contribution in [2.45, 2.75) is 33.7 Å². The van der Waals surface area contributed by atoms with Crippen molar-refractivity contribution in [1.29, 1.82) is 5.26 Å². The molecule has 5 heteroatoms. The SMILES string of the molecule is CCOCCn1c(C#N)cc(N)c1N1CC(C)CC(C)C1. The number of hydrogen-bond donors (Lipinski definition) is 1. The number of piperidine rings is 1. The normalized spacial score (nSPS) is 22.3. The van der Waals surface area contributed by atoms with Gasteiger partial charge in [-0.2, -0.15) is 5.26 Å². The molecule has 2 rings (SSSR count). The van der Waals surface area contributed by atoms with Crippen LogP contribution in [0.2, 0.25) is 0 Å². The summed E-state index contributed by atoms with van der Waals surface area (Å²) in [5.41, 5.74) is 7.51. The van der Waals surface area contributed by atoms with Gasteiger partial charge in [0.1, 0.15) is 17.6 Å². The van der Waals surface area contributed by atoms with Gasteiger partial charge in [0, 0.05) is 26.2 Å². The van der Waals surface area contributed by atoms with Gasteiger partial charge in [0.25, 0.3) is 0 Å². The third kappa shape index (κ3) is 3.51. The molecule has 2 heterocycles. The van der Waals surface area contributed by atoms with Crippen LogP contribution in [0.5, 0.6) is 0 Å². The van der Waals surface area contributed by atoms with E-state index >= 15 is 0 Å². The molecule has 0 amide bonds. The van der Waals surface area contributed by atoms with Gasteiger partial charge < -0.3 is 19.9 Å². The van der Waals surface area contributed by atoms with E-state index in [9.17, 15) is 5.26 Å². The average Bonchev–Trinajstić information content (AvgIpc) is 2.74. The molecule has 2 N–H and O–H groups in total. The van der Waals surface area contributed by atoms with E-state index in [0.29, 0.717) is 43.0 Å². The second-order valence-electron chi connectivity index (χ2n) is 6.12. The summed E-state index contributed by atoms with van der Waals surface area (Å²) in [6.07, 6.45) is 1.25. The lowest BCUT2D eigenvalue weighted by atomic mass is 9.92. The van der Waals surface area contributed by atoms with Gasteiger partial charge in [0.05, 0.1) is 12.3 Å². The number of nitrogens with zero attached hydrogens (tertiary/aromatic N) is 3. The lowest BCUT2D eigenvalue weighted by molar-refractivity contribution is 0.139. The highest BCUT2D eigenvalue weighted by Crippen LogP contribution is 2.32. The minimum atomic E-state index is 0.602. The molecule has 0 aliphatic carbocycles. The van der Waals surface area contributed by atoms with E-state index < -0.39 is 0 Å². The molecule has 1 aromatic heterocycles. The van der Waals surface area contributed by atoms with E-state index in [1.165, 1.54) is 6.42 Å². The Morgan fingerprint density at radius 2 is 2.05 bits per heavy atom. The van der Waals surface area contributed by atoms with Crippen LogP contribution < -0.4 is 10.6 Å². The number of nitriles is 1. The number of nitrogens with two attached hydrogens (primary N) is 1. The fourth-order valence-corrected chi connectivity index (χ4v) is 3.37. The van der Waals surface area contributed by atoms with E-state index in [0.717, 1.165) is 18.9 Å². The van der Waals surface area contributed by atoms with Gasteiger partial charge >= 0.3 is 0 Å². The highest BCUT2D eigenvalue weighted by atomic mass is 16.5. The number of ether oxygens (including phenoxy) is 1. The minimum absolute atomic E-state index is 0.602. The molecule has 1 aliphatic heterocycles. The Labute approximate surface area is 127 Å². The fourth-order valence-electron chi connectivity index (χ4n) is 3.37. The Hall–Kier alpha value is -1.67. The van der Waals surface area contributed by atoms with Crippen molar-refractivity contribution in [3.8, 4) is 6.07 Å². The molecule has 1 aromatic rings. The zero-order valence-corrected chi connectivity index (χ0v) is 13.3. The van der Waals surface area contributed by atoms with Gasteiger partial charge in [-0.15, -0.1) is 0 Å². The molecule has 0 aromatic carbocycles. The van der Waals surface area contributed by atoms with Crippen LogP contribution in [0.1, 0.15) is 32.9 Å². The van der Waals surface area contributed by atoms with Gasteiger partial charge in [-0.25, -0.2) is 0 Å². The summed E-state index contributed by atoms with van der Waals surface area (Å²) in [5, 5.41) is 9.33. The molecule has 0 radical (unpaired) electrons. The summed E-state index contributed by atoms with van der Waals surface area (Å²) < 4.78 is 7.45. The topological polar surface area (TPSA) is 67.2 Å². The van der Waals surface area contributed by atoms with E-state index in [1.54, 1.807) is 6.07 Å². The first kappa shape index (κ1) is 15.7. The third-order valence-electron chi connectivity index (χ3n) is 4.04. The second-order valence-corrected chi connectivity index (χ2v) is 6.12. The van der Waals surface area contributed by atoms with Crippen LogP contribution in [0, 0.1) is 23.2 Å². The monoisotopic (exact) mass is 290 g/mol. The summed E-state index contributed by atoms with van der Waals surface area (Å²) in [4.78, 5) is 2.33. The average molecular weight is 290 g/mol. The van der Waals surface area contributed by atoms with Crippen LogP contribution >= 0.6 is 0 Å². The number of rotatable bonds is 5. The van der Waals surface area contributed by atoms with Crippen molar-refractivity contribution < 1.29 is 4.74 Å². The maximum atomic E-state index is 9.33. The van der Waals surface area contributed by atoms with Crippen molar-refractivity contribution in [1.82, 2.24) is 4.57 Å². The fraction of sp³-hybridized carbons (Fsp3) is 0.688. The smallest absolute Gasteiger partial charge is 0.133 e. The molecular formula is C16H26N4O. The quantitative estimate of drug-likeness (QED) is 0.846. The first-order valence-corrected chi connectivity index (χ1v) is 7.78. The lowest BCUT2D eigenvalue weighted by Gasteiger charge is -2.37. The van der Waals surface area contributed by atoms with Crippen LogP contribution in [-0.2, 0) is 11.3 Å². The maximum absolute atomic E-state index is 9.33. The van der Waals surface area contributed by atoms with Crippen molar-refractivity contribution in [3.05, 3.63) is 11.8 Å². The Kier molecular flexibility index (Phi) is 5.13. The van der Waals surface area contributed by atoms with Crippen molar-refractivity contribution >= 4 is 11.5 Å². The van der Waals surface area contributed by atoms with Crippen molar-refractivity contribution in [2.24, 2.45) is 11.8 Å². The zero-order valence-electron chi connectivity index (χ0n) is 13.3. The Morgan fingerprint density at radius 1 is 1.38 bits per heavy atom. The van der Waals surface area contributed by atoms with E-state index in [1.807, 2.05) is 11.5 Å². The molecule has 0 saturated carbocycles. The Bertz CT molecular complexity index is 507. The maximum Gasteiger partial charge on any atom is 0.133 e. The van der Waals surface area contributed by atoms with Crippen molar-refractivity contribution in [3.63, 3.8) is 0 Å². The number of aromatic nitrogens is 1. The van der Waals surface area contributed by atoms with Crippen molar-refractivity contribution in [2.75, 3.05) is 36.9 Å². The lowest BCUT2D eigenvalue weighted by Crippen LogP contribution is -2.40. The standard InChI is InChI=1S/C16H26N4O/c1-4-21-6-5-20-14(9-17)8-15(18)16(20)19-10-12(2)7-13(3)11-19/h8,12-13H,4-7,10-11,18H2,1-3H3. The summed E-state index contributed by atoms with van der Waals surface area (Å²) in [7, 11) is 0. The molecule has 2 unspecified atom stereocenters. The molecule has 2 atom stereocenters. The van der Waals surface area contributed by atoms with Gasteiger partial charge in [-0.1, -0.05) is 13.8 Å². The molecule has 5 nitrogen and oxygen atoms in total. The molecule has 116 valence electrons. The molecule has 1 saturated heterocycles. The zero-order chi connectivity index (χ0) is 15.4. The predicted molar refractivity (Wildman–Crippen MR) is 85.2 cm³/mol. The number of hydrogen-bond acceptors (Lipinski definition) is 4. The molecule has 1 aliphatic rings. The predicted octanol–water partition coefficient (Wildman–Crippen LogP) is 2.46. The van der Waals surface area contributed by atoms with Crippen LogP contribution in [0.4, 0.5) is 11.5 Å².